The zero-order valence-corrected chi connectivity index (χ0v) is 16.5. The Labute approximate surface area is 160 Å². The van der Waals surface area contributed by atoms with Crippen molar-refractivity contribution in [2.45, 2.75) is 13.0 Å². The second-order valence-electron chi connectivity index (χ2n) is 5.97. The fraction of sp³-hybridized carbons (Fsp3) is 0.316. The van der Waals surface area contributed by atoms with Crippen LogP contribution < -0.4 is 15.4 Å². The van der Waals surface area contributed by atoms with Crippen LogP contribution in [0.15, 0.2) is 42.5 Å². The maximum absolute atomic E-state index is 6.16. The smallest absolute Gasteiger partial charge is 0.170 e. The number of methoxy groups -OCH3 is 1. The van der Waals surface area contributed by atoms with E-state index in [9.17, 15) is 0 Å². The number of ether oxygens (including phenoxy) is 1. The van der Waals surface area contributed by atoms with Gasteiger partial charge in [-0.3, -0.25) is 0 Å². The summed E-state index contributed by atoms with van der Waals surface area (Å²) in [5, 5.41) is 7.78. The van der Waals surface area contributed by atoms with Gasteiger partial charge in [-0.15, -0.1) is 0 Å². The van der Waals surface area contributed by atoms with Gasteiger partial charge in [-0.2, -0.15) is 0 Å². The summed E-state index contributed by atoms with van der Waals surface area (Å²) in [5.41, 5.74) is 3.00. The van der Waals surface area contributed by atoms with Crippen molar-refractivity contribution >= 4 is 34.6 Å². The average molecular weight is 378 g/mol. The van der Waals surface area contributed by atoms with Crippen LogP contribution in [0, 0.1) is 6.92 Å². The van der Waals surface area contributed by atoms with Gasteiger partial charge in [-0.25, -0.2) is 0 Å². The Hall–Kier alpha value is -1.82. The van der Waals surface area contributed by atoms with Gasteiger partial charge >= 0.3 is 0 Å². The molecule has 0 radical (unpaired) electrons. The number of benzene rings is 2. The number of likely N-dealkylation sites (N-methyl/N-ethyl adjacent to an activating group) is 1. The van der Waals surface area contributed by atoms with Crippen LogP contribution in [0.25, 0.3) is 0 Å². The van der Waals surface area contributed by atoms with Crippen LogP contribution in [0.1, 0.15) is 17.2 Å². The largest absolute Gasteiger partial charge is 0.496 e. The summed E-state index contributed by atoms with van der Waals surface area (Å²) in [4.78, 5) is 2.14. The minimum absolute atomic E-state index is 0.122. The van der Waals surface area contributed by atoms with E-state index in [1.54, 1.807) is 7.11 Å². The van der Waals surface area contributed by atoms with E-state index in [2.05, 4.69) is 21.6 Å². The molecule has 1 atom stereocenters. The number of nitrogens with zero attached hydrogens (tertiary/aromatic N) is 1. The normalized spacial score (nSPS) is 11.9. The molecule has 0 saturated heterocycles. The lowest BCUT2D eigenvalue weighted by molar-refractivity contribution is 0.288. The van der Waals surface area contributed by atoms with Gasteiger partial charge in [0.05, 0.1) is 13.2 Å². The molecule has 0 amide bonds. The van der Waals surface area contributed by atoms with Crippen LogP contribution in [-0.2, 0) is 0 Å². The molecule has 0 saturated carbocycles. The highest BCUT2D eigenvalue weighted by Crippen LogP contribution is 2.27. The Morgan fingerprint density at radius 3 is 2.60 bits per heavy atom. The monoisotopic (exact) mass is 377 g/mol. The Morgan fingerprint density at radius 1 is 1.20 bits per heavy atom. The first-order chi connectivity index (χ1) is 11.9. The number of rotatable bonds is 6. The van der Waals surface area contributed by atoms with Crippen LogP contribution in [0.2, 0.25) is 5.02 Å². The Balaban J connectivity index is 2.06. The fourth-order valence-corrected chi connectivity index (χ4v) is 2.98. The number of hydrogen-bond acceptors (Lipinski definition) is 3. The third-order valence-electron chi connectivity index (χ3n) is 4.09. The fourth-order valence-electron chi connectivity index (χ4n) is 2.61. The Bertz CT molecular complexity index is 736. The second-order valence-corrected chi connectivity index (χ2v) is 6.78. The summed E-state index contributed by atoms with van der Waals surface area (Å²) in [6, 6.07) is 13.9. The minimum atomic E-state index is 0.122. The number of anilines is 1. The Kier molecular flexibility index (Phi) is 7.05. The lowest BCUT2D eigenvalue weighted by atomic mass is 10.0. The third kappa shape index (κ3) is 5.08. The molecule has 0 fully saturated rings. The quantitative estimate of drug-likeness (QED) is 0.736. The van der Waals surface area contributed by atoms with Crippen molar-refractivity contribution in [3.8, 4) is 5.75 Å². The summed E-state index contributed by atoms with van der Waals surface area (Å²) in [5.74, 6) is 0.868. The van der Waals surface area contributed by atoms with Crippen molar-refractivity contribution in [2.24, 2.45) is 0 Å². The highest BCUT2D eigenvalue weighted by Gasteiger charge is 2.18. The molecule has 0 aliphatic rings. The maximum Gasteiger partial charge on any atom is 0.170 e. The first-order valence-corrected chi connectivity index (χ1v) is 8.82. The van der Waals surface area contributed by atoms with Crippen molar-refractivity contribution in [3.05, 3.63) is 58.6 Å². The molecule has 25 heavy (non-hydrogen) atoms. The van der Waals surface area contributed by atoms with E-state index in [0.29, 0.717) is 16.7 Å². The lowest BCUT2D eigenvalue weighted by Crippen LogP contribution is -2.37. The number of hydrogen-bond donors (Lipinski definition) is 2. The molecule has 0 bridgehead atoms. The summed E-state index contributed by atoms with van der Waals surface area (Å²) in [7, 11) is 5.76. The van der Waals surface area contributed by atoms with Gasteiger partial charge in [0, 0.05) is 22.8 Å². The number of thiocarbonyl (C=S) groups is 1. The summed E-state index contributed by atoms with van der Waals surface area (Å²) in [6.45, 7) is 2.61. The highest BCUT2D eigenvalue weighted by molar-refractivity contribution is 7.80. The maximum atomic E-state index is 6.16. The summed E-state index contributed by atoms with van der Waals surface area (Å²) < 4.78 is 5.49. The number of halogens is 1. The molecule has 0 aromatic heterocycles. The SMILES string of the molecule is COc1ccccc1[C@@H](CNC(=S)Nc1cccc(Cl)c1C)N(C)C. The Morgan fingerprint density at radius 2 is 1.92 bits per heavy atom. The molecule has 2 rings (SSSR count). The highest BCUT2D eigenvalue weighted by atomic mass is 35.5. The van der Waals surface area contributed by atoms with E-state index in [-0.39, 0.29) is 6.04 Å². The van der Waals surface area contributed by atoms with Crippen molar-refractivity contribution in [3.63, 3.8) is 0 Å². The van der Waals surface area contributed by atoms with Gasteiger partial charge in [0.15, 0.2) is 5.11 Å². The minimum Gasteiger partial charge on any atom is -0.496 e. The molecular formula is C19H24ClN3OS. The van der Waals surface area contributed by atoms with E-state index < -0.39 is 0 Å². The molecule has 0 heterocycles. The molecule has 2 N–H and O–H groups in total. The molecule has 6 heteroatoms. The van der Waals surface area contributed by atoms with Gasteiger partial charge in [0.2, 0.25) is 0 Å². The molecule has 134 valence electrons. The predicted octanol–water partition coefficient (Wildman–Crippen LogP) is 4.25. The first kappa shape index (κ1) is 19.5. The molecular weight excluding hydrogens is 354 g/mol. The molecule has 0 aliphatic carbocycles. The van der Waals surface area contributed by atoms with Crippen molar-refractivity contribution in [1.29, 1.82) is 0 Å². The molecule has 0 spiro atoms. The van der Waals surface area contributed by atoms with E-state index in [1.165, 1.54) is 0 Å². The molecule has 0 unspecified atom stereocenters. The number of nitrogens with one attached hydrogen (secondary N) is 2. The zero-order valence-electron chi connectivity index (χ0n) is 15.0. The van der Waals surface area contributed by atoms with E-state index in [4.69, 9.17) is 28.6 Å². The third-order valence-corrected chi connectivity index (χ3v) is 4.75. The number of para-hydroxylation sites is 1. The van der Waals surface area contributed by atoms with Crippen LogP contribution >= 0.6 is 23.8 Å². The topological polar surface area (TPSA) is 36.5 Å². The van der Waals surface area contributed by atoms with Crippen molar-refractivity contribution < 1.29 is 4.74 Å². The van der Waals surface area contributed by atoms with Crippen molar-refractivity contribution in [1.82, 2.24) is 10.2 Å². The molecule has 2 aromatic carbocycles. The van der Waals surface area contributed by atoms with Gasteiger partial charge in [0.25, 0.3) is 0 Å². The van der Waals surface area contributed by atoms with Crippen molar-refractivity contribution in [2.75, 3.05) is 33.1 Å². The van der Waals surface area contributed by atoms with Gasteiger partial charge in [0.1, 0.15) is 5.75 Å². The molecule has 4 nitrogen and oxygen atoms in total. The van der Waals surface area contributed by atoms with E-state index >= 15 is 0 Å². The summed E-state index contributed by atoms with van der Waals surface area (Å²) in [6.07, 6.45) is 0. The standard InChI is InChI=1S/C19H24ClN3OS/c1-13-15(20)9-7-10-16(13)22-19(25)21-12-17(23(2)3)14-8-5-6-11-18(14)24-4/h5-11,17H,12H2,1-4H3,(H2,21,22,25)/t17-/m1/s1. The second kappa shape index (κ2) is 9.04. The van der Waals surface area contributed by atoms with Crippen LogP contribution in [-0.4, -0.2) is 37.8 Å². The first-order valence-electron chi connectivity index (χ1n) is 8.03. The summed E-state index contributed by atoms with van der Waals surface area (Å²) >= 11 is 11.6. The zero-order chi connectivity index (χ0) is 18.4. The predicted molar refractivity (Wildman–Crippen MR) is 110 cm³/mol. The van der Waals surface area contributed by atoms with E-state index in [1.807, 2.05) is 57.4 Å². The van der Waals surface area contributed by atoms with Crippen LogP contribution in [0.3, 0.4) is 0 Å². The van der Waals surface area contributed by atoms with Crippen LogP contribution in [0.5, 0.6) is 5.75 Å². The molecule has 2 aromatic rings. The lowest BCUT2D eigenvalue weighted by Gasteiger charge is -2.27. The van der Waals surface area contributed by atoms with Gasteiger partial charge in [-0.05, 0) is 57.0 Å². The van der Waals surface area contributed by atoms with Crippen LogP contribution in [0.4, 0.5) is 5.69 Å². The van der Waals surface area contributed by atoms with Gasteiger partial charge in [-0.1, -0.05) is 35.9 Å². The van der Waals surface area contributed by atoms with Gasteiger partial charge < -0.3 is 20.3 Å². The average Bonchev–Trinajstić information content (AvgIpc) is 2.59. The van der Waals surface area contributed by atoms with E-state index in [0.717, 1.165) is 22.6 Å². The molecule has 0 aliphatic heterocycles.